The average molecular weight is 408 g/mol. The predicted octanol–water partition coefficient (Wildman–Crippen LogP) is 3.04. The molecule has 1 fully saturated rings. The highest BCUT2D eigenvalue weighted by molar-refractivity contribution is 6.06. The van der Waals surface area contributed by atoms with Crippen molar-refractivity contribution in [1.82, 2.24) is 15.1 Å². The second kappa shape index (κ2) is 8.06. The lowest BCUT2D eigenvalue weighted by Gasteiger charge is -2.13. The number of rotatable bonds is 6. The Balaban J connectivity index is 1.78. The number of nitrogens with one attached hydrogen (secondary N) is 2. The van der Waals surface area contributed by atoms with E-state index in [1.54, 1.807) is 11.8 Å². The Morgan fingerprint density at radius 2 is 2.00 bits per heavy atom. The van der Waals surface area contributed by atoms with Crippen molar-refractivity contribution in [3.63, 3.8) is 0 Å². The van der Waals surface area contributed by atoms with Gasteiger partial charge in [0.1, 0.15) is 17.5 Å². The summed E-state index contributed by atoms with van der Waals surface area (Å²) in [6.45, 7) is 3.89. The summed E-state index contributed by atoms with van der Waals surface area (Å²) < 4.78 is 13.0. The van der Waals surface area contributed by atoms with E-state index in [0.29, 0.717) is 29.8 Å². The maximum Gasteiger partial charge on any atom is 0.248 e. The van der Waals surface area contributed by atoms with Crippen LogP contribution in [-0.4, -0.2) is 40.9 Å². The molecule has 2 N–H and O–H groups in total. The highest BCUT2D eigenvalue weighted by Crippen LogP contribution is 2.35. The van der Waals surface area contributed by atoms with Crippen LogP contribution in [0.15, 0.2) is 42.5 Å². The number of ether oxygens (including phenoxy) is 2. The van der Waals surface area contributed by atoms with E-state index in [-0.39, 0.29) is 17.9 Å². The van der Waals surface area contributed by atoms with E-state index >= 15 is 0 Å². The number of carbonyl (C=O) groups is 2. The number of nitrogens with zero attached hydrogens (tertiary/aromatic N) is 2. The van der Waals surface area contributed by atoms with Gasteiger partial charge in [0.15, 0.2) is 5.82 Å². The third kappa shape index (κ3) is 3.80. The molecular formula is C22H24N4O4. The summed E-state index contributed by atoms with van der Waals surface area (Å²) >= 11 is 0. The Hall–Kier alpha value is -3.55. The van der Waals surface area contributed by atoms with Gasteiger partial charge < -0.3 is 20.1 Å². The van der Waals surface area contributed by atoms with Crippen LogP contribution in [0.4, 0.5) is 5.82 Å². The lowest BCUT2D eigenvalue weighted by atomic mass is 10.2. The largest absolute Gasteiger partial charge is 0.497 e. The van der Waals surface area contributed by atoms with E-state index in [9.17, 15) is 9.59 Å². The van der Waals surface area contributed by atoms with Gasteiger partial charge in [-0.3, -0.25) is 9.59 Å². The lowest BCUT2D eigenvalue weighted by Crippen LogP contribution is -2.37. The SMILES string of the molecule is COc1ccc(-n2nc(NC(=O)[C@@H]3CCC(=O)N3)c3c(OC(C)C)cccc32)cc1. The van der Waals surface area contributed by atoms with Gasteiger partial charge in [0.25, 0.3) is 0 Å². The van der Waals surface area contributed by atoms with Gasteiger partial charge >= 0.3 is 0 Å². The van der Waals surface area contributed by atoms with E-state index in [0.717, 1.165) is 17.0 Å². The minimum absolute atomic E-state index is 0.0439. The first-order chi connectivity index (χ1) is 14.5. The Bertz CT molecular complexity index is 1090. The Kier molecular flexibility index (Phi) is 5.31. The van der Waals surface area contributed by atoms with Gasteiger partial charge in [0, 0.05) is 6.42 Å². The molecule has 8 nitrogen and oxygen atoms in total. The molecule has 2 amide bonds. The van der Waals surface area contributed by atoms with E-state index in [4.69, 9.17) is 9.47 Å². The number of benzene rings is 2. The monoisotopic (exact) mass is 408 g/mol. The zero-order chi connectivity index (χ0) is 21.3. The molecule has 1 aliphatic heterocycles. The minimum Gasteiger partial charge on any atom is -0.497 e. The van der Waals surface area contributed by atoms with Crippen LogP contribution in [-0.2, 0) is 9.59 Å². The molecule has 2 aromatic carbocycles. The average Bonchev–Trinajstić information content (AvgIpc) is 3.32. The molecule has 0 saturated carbocycles. The van der Waals surface area contributed by atoms with Gasteiger partial charge in [-0.1, -0.05) is 6.07 Å². The third-order valence-corrected chi connectivity index (χ3v) is 4.90. The number of fused-ring (bicyclic) bond motifs is 1. The van der Waals surface area contributed by atoms with Gasteiger partial charge in [-0.25, -0.2) is 4.68 Å². The fourth-order valence-electron chi connectivity index (χ4n) is 3.51. The molecular weight excluding hydrogens is 384 g/mol. The van der Waals surface area contributed by atoms with Crippen molar-refractivity contribution in [2.75, 3.05) is 12.4 Å². The van der Waals surface area contributed by atoms with Crippen molar-refractivity contribution >= 4 is 28.5 Å². The van der Waals surface area contributed by atoms with E-state index in [1.807, 2.05) is 56.3 Å². The van der Waals surface area contributed by atoms with Crippen molar-refractivity contribution in [2.24, 2.45) is 0 Å². The van der Waals surface area contributed by atoms with Crippen molar-refractivity contribution in [3.05, 3.63) is 42.5 Å². The highest BCUT2D eigenvalue weighted by Gasteiger charge is 2.29. The Labute approximate surface area is 174 Å². The zero-order valence-electron chi connectivity index (χ0n) is 17.1. The second-order valence-electron chi connectivity index (χ2n) is 7.42. The summed E-state index contributed by atoms with van der Waals surface area (Å²) in [5.41, 5.74) is 1.61. The first-order valence-electron chi connectivity index (χ1n) is 9.89. The summed E-state index contributed by atoms with van der Waals surface area (Å²) in [5, 5.41) is 10.9. The van der Waals surface area contributed by atoms with Gasteiger partial charge in [-0.2, -0.15) is 0 Å². The molecule has 1 aromatic heterocycles. The molecule has 1 saturated heterocycles. The Morgan fingerprint density at radius 3 is 2.63 bits per heavy atom. The fraction of sp³-hybridized carbons (Fsp3) is 0.318. The molecule has 1 atom stereocenters. The molecule has 0 spiro atoms. The van der Waals surface area contributed by atoms with E-state index < -0.39 is 6.04 Å². The molecule has 0 aliphatic carbocycles. The van der Waals surface area contributed by atoms with Crippen LogP contribution in [0, 0.1) is 0 Å². The maximum atomic E-state index is 12.7. The number of methoxy groups -OCH3 is 1. The van der Waals surface area contributed by atoms with E-state index in [1.165, 1.54) is 0 Å². The third-order valence-electron chi connectivity index (χ3n) is 4.90. The molecule has 3 aromatic rings. The quantitative estimate of drug-likeness (QED) is 0.654. The van der Waals surface area contributed by atoms with Crippen molar-refractivity contribution < 1.29 is 19.1 Å². The van der Waals surface area contributed by atoms with E-state index in [2.05, 4.69) is 15.7 Å². The van der Waals surface area contributed by atoms with Gasteiger partial charge in [-0.15, -0.1) is 5.10 Å². The lowest BCUT2D eigenvalue weighted by molar-refractivity contribution is -0.122. The first-order valence-corrected chi connectivity index (χ1v) is 9.89. The van der Waals surface area contributed by atoms with Crippen LogP contribution in [0.1, 0.15) is 26.7 Å². The number of anilines is 1. The Morgan fingerprint density at radius 1 is 1.23 bits per heavy atom. The van der Waals surface area contributed by atoms with Crippen LogP contribution in [0.5, 0.6) is 11.5 Å². The summed E-state index contributed by atoms with van der Waals surface area (Å²) in [6.07, 6.45) is 0.774. The van der Waals surface area contributed by atoms with Crippen molar-refractivity contribution in [2.45, 2.75) is 38.8 Å². The van der Waals surface area contributed by atoms with Crippen LogP contribution >= 0.6 is 0 Å². The number of aromatic nitrogens is 2. The van der Waals surface area contributed by atoms with Crippen molar-refractivity contribution in [3.8, 4) is 17.2 Å². The number of hydrogen-bond donors (Lipinski definition) is 2. The molecule has 0 radical (unpaired) electrons. The highest BCUT2D eigenvalue weighted by atomic mass is 16.5. The molecule has 0 unspecified atom stereocenters. The molecule has 1 aliphatic rings. The summed E-state index contributed by atoms with van der Waals surface area (Å²) in [7, 11) is 1.61. The van der Waals surface area contributed by atoms with Gasteiger partial charge in [0.05, 0.1) is 29.8 Å². The zero-order valence-corrected chi connectivity index (χ0v) is 17.1. The standard InChI is InChI=1S/C22H24N4O4/c1-13(2)30-18-6-4-5-17-20(18)21(24-22(28)16-11-12-19(27)23-16)25-26(17)14-7-9-15(29-3)10-8-14/h4-10,13,16H,11-12H2,1-3H3,(H,23,27)(H,24,25,28)/t16-/m0/s1. The maximum absolute atomic E-state index is 12.7. The predicted molar refractivity (Wildman–Crippen MR) is 113 cm³/mol. The van der Waals surface area contributed by atoms with Gasteiger partial charge in [0.2, 0.25) is 11.8 Å². The van der Waals surface area contributed by atoms with Crippen LogP contribution in [0.3, 0.4) is 0 Å². The molecule has 8 heteroatoms. The van der Waals surface area contributed by atoms with Crippen LogP contribution in [0.2, 0.25) is 0 Å². The molecule has 2 heterocycles. The number of carbonyl (C=O) groups excluding carboxylic acids is 2. The first kappa shape index (κ1) is 19.8. The van der Waals surface area contributed by atoms with Crippen LogP contribution < -0.4 is 20.1 Å². The summed E-state index contributed by atoms with van der Waals surface area (Å²) in [5.74, 6) is 1.36. The van der Waals surface area contributed by atoms with Gasteiger partial charge in [-0.05, 0) is 56.7 Å². The van der Waals surface area contributed by atoms with Crippen LogP contribution in [0.25, 0.3) is 16.6 Å². The molecule has 0 bridgehead atoms. The normalized spacial score (nSPS) is 16.0. The summed E-state index contributed by atoms with van der Waals surface area (Å²) in [6, 6.07) is 12.6. The second-order valence-corrected chi connectivity index (χ2v) is 7.42. The topological polar surface area (TPSA) is 94.5 Å². The smallest absolute Gasteiger partial charge is 0.248 e. The molecule has 156 valence electrons. The summed E-state index contributed by atoms with van der Waals surface area (Å²) in [4.78, 5) is 24.2. The fourth-order valence-corrected chi connectivity index (χ4v) is 3.51. The molecule has 4 rings (SSSR count). The molecule has 30 heavy (non-hydrogen) atoms. The minimum atomic E-state index is -0.558. The van der Waals surface area contributed by atoms with Crippen molar-refractivity contribution in [1.29, 1.82) is 0 Å². The number of hydrogen-bond acceptors (Lipinski definition) is 5. The number of amides is 2.